The van der Waals surface area contributed by atoms with Crippen LogP contribution < -0.4 is 5.73 Å². The van der Waals surface area contributed by atoms with Crippen LogP contribution in [0.15, 0.2) is 24.8 Å². The van der Waals surface area contributed by atoms with E-state index in [1.54, 1.807) is 5.56 Å². The first-order valence-electron chi connectivity index (χ1n) is 6.80. The maximum absolute atomic E-state index is 5.78. The molecule has 2 rings (SSSR count). The lowest BCUT2D eigenvalue weighted by atomic mass is 9.95. The minimum Gasteiger partial charge on any atom is -0.399 e. The van der Waals surface area contributed by atoms with Gasteiger partial charge in [0.2, 0.25) is 0 Å². The molecule has 1 nitrogen and oxygen atoms in total. The highest BCUT2D eigenvalue weighted by molar-refractivity contribution is 5.61. The third kappa shape index (κ3) is 3.12. The molecule has 1 aliphatic carbocycles. The van der Waals surface area contributed by atoms with E-state index >= 15 is 0 Å². The van der Waals surface area contributed by atoms with Crippen molar-refractivity contribution in [1.29, 1.82) is 0 Å². The number of hydrogen-bond donors (Lipinski definition) is 1. The molecule has 0 bridgehead atoms. The van der Waals surface area contributed by atoms with E-state index in [1.165, 1.54) is 44.1 Å². The van der Waals surface area contributed by atoms with Gasteiger partial charge in [0.15, 0.2) is 0 Å². The van der Waals surface area contributed by atoms with Crippen LogP contribution in [-0.4, -0.2) is 0 Å². The van der Waals surface area contributed by atoms with Gasteiger partial charge in [0.1, 0.15) is 0 Å². The van der Waals surface area contributed by atoms with E-state index in [-0.39, 0.29) is 0 Å². The van der Waals surface area contributed by atoms with Gasteiger partial charge < -0.3 is 5.73 Å². The highest BCUT2D eigenvalue weighted by Crippen LogP contribution is 2.42. The lowest BCUT2D eigenvalue weighted by Crippen LogP contribution is -1.99. The summed E-state index contributed by atoms with van der Waals surface area (Å²) in [4.78, 5) is 0. The van der Waals surface area contributed by atoms with E-state index < -0.39 is 0 Å². The highest BCUT2D eigenvalue weighted by atomic mass is 14.6. The zero-order valence-electron chi connectivity index (χ0n) is 10.8. The van der Waals surface area contributed by atoms with Crippen molar-refractivity contribution in [2.75, 3.05) is 0 Å². The summed E-state index contributed by atoms with van der Waals surface area (Å²) in [6.45, 7) is 6.08. The number of unbranched alkanes of at least 4 members (excludes halogenated alkanes) is 2. The van der Waals surface area contributed by atoms with E-state index in [1.807, 2.05) is 0 Å². The predicted molar refractivity (Wildman–Crippen MR) is 74.9 cm³/mol. The van der Waals surface area contributed by atoms with Crippen molar-refractivity contribution in [3.8, 4) is 0 Å². The van der Waals surface area contributed by atoms with Crippen molar-refractivity contribution < 1.29 is 0 Å². The van der Waals surface area contributed by atoms with Gasteiger partial charge in [-0.3, -0.25) is 0 Å². The van der Waals surface area contributed by atoms with Gasteiger partial charge in [-0.05, 0) is 54.4 Å². The Morgan fingerprint density at radius 1 is 1.35 bits per heavy atom. The zero-order chi connectivity index (χ0) is 12.3. The van der Waals surface area contributed by atoms with Gasteiger partial charge in [-0.15, -0.1) is 0 Å². The summed E-state index contributed by atoms with van der Waals surface area (Å²) in [6.07, 6.45) is 7.81. The van der Waals surface area contributed by atoms with E-state index in [0.29, 0.717) is 5.70 Å². The second-order valence-corrected chi connectivity index (χ2v) is 5.17. The molecule has 0 unspecified atom stereocenters. The standard InChI is InChI=1S/C16H23N/c1-3-4-5-6-15-11-14(12(2)17)9-10-16(15)13-7-8-13/h9-11,13H,2-8,17H2,1H3. The van der Waals surface area contributed by atoms with Gasteiger partial charge in [0.25, 0.3) is 0 Å². The molecule has 1 heteroatoms. The molecule has 0 radical (unpaired) electrons. The van der Waals surface area contributed by atoms with Crippen LogP contribution in [0.1, 0.15) is 61.6 Å². The van der Waals surface area contributed by atoms with Crippen LogP contribution >= 0.6 is 0 Å². The van der Waals surface area contributed by atoms with E-state index in [4.69, 9.17) is 5.73 Å². The average molecular weight is 229 g/mol. The van der Waals surface area contributed by atoms with Gasteiger partial charge in [-0.1, -0.05) is 38.5 Å². The second kappa shape index (κ2) is 5.39. The predicted octanol–water partition coefficient (Wildman–Crippen LogP) is 4.23. The molecule has 0 heterocycles. The Morgan fingerprint density at radius 3 is 2.71 bits per heavy atom. The fourth-order valence-corrected chi connectivity index (χ4v) is 2.38. The van der Waals surface area contributed by atoms with Gasteiger partial charge in [0, 0.05) is 5.70 Å². The number of aryl methyl sites for hydroxylation is 1. The molecule has 1 aromatic rings. The topological polar surface area (TPSA) is 26.0 Å². The Morgan fingerprint density at radius 2 is 2.12 bits per heavy atom. The first kappa shape index (κ1) is 12.2. The molecule has 1 aliphatic rings. The first-order chi connectivity index (χ1) is 8.22. The lowest BCUT2D eigenvalue weighted by Gasteiger charge is -2.11. The van der Waals surface area contributed by atoms with Crippen LogP contribution in [0.5, 0.6) is 0 Å². The Bertz CT molecular complexity index is 402. The van der Waals surface area contributed by atoms with Gasteiger partial charge in [0.05, 0.1) is 0 Å². The first-order valence-corrected chi connectivity index (χ1v) is 6.80. The highest BCUT2D eigenvalue weighted by Gasteiger charge is 2.25. The molecular weight excluding hydrogens is 206 g/mol. The molecule has 0 atom stereocenters. The molecule has 0 saturated heterocycles. The molecule has 17 heavy (non-hydrogen) atoms. The quantitative estimate of drug-likeness (QED) is 0.726. The SMILES string of the molecule is C=C(N)c1ccc(C2CC2)c(CCCCC)c1. The third-order valence-electron chi connectivity index (χ3n) is 3.58. The van der Waals surface area contributed by atoms with Crippen LogP contribution in [0, 0.1) is 0 Å². The Balaban J connectivity index is 2.17. The summed E-state index contributed by atoms with van der Waals surface area (Å²) < 4.78 is 0. The molecule has 0 aliphatic heterocycles. The van der Waals surface area contributed by atoms with E-state index in [9.17, 15) is 0 Å². The number of rotatable bonds is 6. The summed E-state index contributed by atoms with van der Waals surface area (Å²) in [7, 11) is 0. The summed E-state index contributed by atoms with van der Waals surface area (Å²) in [5.74, 6) is 0.826. The summed E-state index contributed by atoms with van der Waals surface area (Å²) >= 11 is 0. The molecule has 2 N–H and O–H groups in total. The van der Waals surface area contributed by atoms with Crippen molar-refractivity contribution in [2.45, 2.75) is 51.4 Å². The third-order valence-corrected chi connectivity index (χ3v) is 3.58. The van der Waals surface area contributed by atoms with Crippen LogP contribution in [0.3, 0.4) is 0 Å². The smallest absolute Gasteiger partial charge is 0.0314 e. The van der Waals surface area contributed by atoms with Gasteiger partial charge in [-0.2, -0.15) is 0 Å². The van der Waals surface area contributed by atoms with E-state index in [0.717, 1.165) is 11.5 Å². The van der Waals surface area contributed by atoms with Crippen molar-refractivity contribution in [3.05, 3.63) is 41.5 Å². The lowest BCUT2D eigenvalue weighted by molar-refractivity contribution is 0.713. The van der Waals surface area contributed by atoms with E-state index in [2.05, 4.69) is 31.7 Å². The maximum atomic E-state index is 5.78. The van der Waals surface area contributed by atoms with Gasteiger partial charge >= 0.3 is 0 Å². The minimum atomic E-state index is 0.684. The summed E-state index contributed by atoms with van der Waals surface area (Å²) in [6, 6.07) is 6.65. The molecule has 0 aromatic heterocycles. The average Bonchev–Trinajstić information content (AvgIpc) is 3.13. The Kier molecular flexibility index (Phi) is 3.88. The fourth-order valence-electron chi connectivity index (χ4n) is 2.38. The number of nitrogens with two attached hydrogens (primary N) is 1. The normalized spacial score (nSPS) is 14.9. The van der Waals surface area contributed by atoms with Crippen molar-refractivity contribution in [2.24, 2.45) is 5.73 Å². The maximum Gasteiger partial charge on any atom is 0.0314 e. The number of hydrogen-bond acceptors (Lipinski definition) is 1. The van der Waals surface area contributed by atoms with Crippen LogP contribution in [0.4, 0.5) is 0 Å². The molecule has 1 saturated carbocycles. The van der Waals surface area contributed by atoms with Crippen molar-refractivity contribution in [3.63, 3.8) is 0 Å². The molecule has 0 amide bonds. The Hall–Kier alpha value is -1.24. The monoisotopic (exact) mass is 229 g/mol. The Labute approximate surface area is 105 Å². The second-order valence-electron chi connectivity index (χ2n) is 5.17. The van der Waals surface area contributed by atoms with Crippen LogP contribution in [0.25, 0.3) is 5.70 Å². The molecule has 1 aromatic carbocycles. The summed E-state index contributed by atoms with van der Waals surface area (Å²) in [5.41, 5.74) is 10.6. The van der Waals surface area contributed by atoms with Crippen LogP contribution in [0.2, 0.25) is 0 Å². The van der Waals surface area contributed by atoms with Gasteiger partial charge in [-0.25, -0.2) is 0 Å². The van der Waals surface area contributed by atoms with Crippen molar-refractivity contribution >= 4 is 5.70 Å². The molecule has 92 valence electrons. The largest absolute Gasteiger partial charge is 0.399 e. The number of benzene rings is 1. The fraction of sp³-hybridized carbons (Fsp3) is 0.500. The van der Waals surface area contributed by atoms with Crippen molar-refractivity contribution in [1.82, 2.24) is 0 Å². The molecule has 1 fully saturated rings. The molecule has 0 spiro atoms. The zero-order valence-corrected chi connectivity index (χ0v) is 10.8. The summed E-state index contributed by atoms with van der Waals surface area (Å²) in [5, 5.41) is 0. The molecular formula is C16H23N. The van der Waals surface area contributed by atoms with Crippen LogP contribution in [-0.2, 0) is 6.42 Å². The minimum absolute atomic E-state index is 0.684.